The van der Waals surface area contributed by atoms with E-state index in [0.29, 0.717) is 16.9 Å². The number of imidazole rings is 1. The van der Waals surface area contributed by atoms with Crippen molar-refractivity contribution >= 4 is 11.0 Å². The van der Waals surface area contributed by atoms with Crippen molar-refractivity contribution in [1.82, 2.24) is 9.55 Å². The molecule has 0 amide bonds. The van der Waals surface area contributed by atoms with Crippen LogP contribution in [0.15, 0.2) is 18.2 Å². The molecule has 0 fully saturated rings. The summed E-state index contributed by atoms with van der Waals surface area (Å²) in [5, 5.41) is 0. The number of fused-ring (bicyclic) bond motifs is 1. The van der Waals surface area contributed by atoms with Gasteiger partial charge in [0.15, 0.2) is 0 Å². The highest BCUT2D eigenvalue weighted by molar-refractivity contribution is 5.77. The highest BCUT2D eigenvalue weighted by Crippen LogP contribution is 2.31. The molecule has 0 aliphatic heterocycles. The molecule has 2 rings (SSSR count). The highest BCUT2D eigenvalue weighted by Gasteiger charge is 2.31. The maximum atomic E-state index is 12.5. The number of rotatable bonds is 1. The first-order chi connectivity index (χ1) is 7.80. The predicted molar refractivity (Wildman–Crippen MR) is 58.3 cm³/mol. The summed E-state index contributed by atoms with van der Waals surface area (Å²) in [6.07, 6.45) is -4.35. The minimum absolute atomic E-state index is 0.314. The molecule has 1 aromatic carbocycles. The quantitative estimate of drug-likeness (QED) is 0.836. The molecular formula is C11H12F3N3. The Hall–Kier alpha value is -1.56. The number of aryl methyl sites for hydroxylation is 1. The molecular weight excluding hydrogens is 231 g/mol. The summed E-state index contributed by atoms with van der Waals surface area (Å²) in [7, 11) is 1.74. The Kier molecular flexibility index (Phi) is 2.61. The van der Waals surface area contributed by atoms with Crippen LogP contribution in [0, 0.1) is 0 Å². The minimum Gasteiger partial charge on any atom is -0.330 e. The number of nitrogens with zero attached hydrogens (tertiary/aromatic N) is 2. The number of aromatic nitrogens is 2. The van der Waals surface area contributed by atoms with Crippen LogP contribution in [0.1, 0.15) is 24.4 Å². The van der Waals surface area contributed by atoms with Gasteiger partial charge < -0.3 is 10.3 Å². The number of alkyl halides is 3. The van der Waals surface area contributed by atoms with Gasteiger partial charge in [-0.05, 0) is 25.1 Å². The van der Waals surface area contributed by atoms with Crippen molar-refractivity contribution in [3.63, 3.8) is 0 Å². The lowest BCUT2D eigenvalue weighted by Gasteiger charge is -2.06. The van der Waals surface area contributed by atoms with Gasteiger partial charge in [0.05, 0.1) is 22.6 Å². The summed E-state index contributed by atoms with van der Waals surface area (Å²) in [6, 6.07) is 3.19. The molecule has 1 heterocycles. The number of hydrogen-bond donors (Lipinski definition) is 1. The lowest BCUT2D eigenvalue weighted by molar-refractivity contribution is -0.137. The molecule has 0 spiro atoms. The largest absolute Gasteiger partial charge is 0.416 e. The molecule has 3 nitrogen and oxygen atoms in total. The zero-order valence-electron chi connectivity index (χ0n) is 9.42. The van der Waals surface area contributed by atoms with Gasteiger partial charge in [0, 0.05) is 7.05 Å². The van der Waals surface area contributed by atoms with Crippen molar-refractivity contribution in [3.8, 4) is 0 Å². The Bertz CT molecular complexity index is 555. The molecule has 17 heavy (non-hydrogen) atoms. The lowest BCUT2D eigenvalue weighted by Crippen LogP contribution is -2.11. The van der Waals surface area contributed by atoms with E-state index >= 15 is 0 Å². The molecule has 0 saturated heterocycles. The smallest absolute Gasteiger partial charge is 0.330 e. The van der Waals surface area contributed by atoms with Crippen LogP contribution in [-0.4, -0.2) is 9.55 Å². The second-order valence-corrected chi connectivity index (χ2v) is 4.02. The number of hydrogen-bond acceptors (Lipinski definition) is 2. The summed E-state index contributed by atoms with van der Waals surface area (Å²) in [4.78, 5) is 4.12. The van der Waals surface area contributed by atoms with E-state index in [4.69, 9.17) is 5.73 Å². The average Bonchev–Trinajstić information content (AvgIpc) is 2.54. The van der Waals surface area contributed by atoms with Crippen LogP contribution in [0.2, 0.25) is 0 Å². The number of benzene rings is 1. The third-order valence-electron chi connectivity index (χ3n) is 2.65. The standard InChI is InChI=1S/C11H12F3N3/c1-6(15)10-16-8-5-7(11(12,13)14)3-4-9(8)17(10)2/h3-6H,15H2,1-2H3. The van der Waals surface area contributed by atoms with Crippen LogP contribution in [0.25, 0.3) is 11.0 Å². The van der Waals surface area contributed by atoms with Gasteiger partial charge in [-0.3, -0.25) is 0 Å². The fraction of sp³-hybridized carbons (Fsp3) is 0.364. The Morgan fingerprint density at radius 2 is 2.00 bits per heavy atom. The van der Waals surface area contributed by atoms with E-state index in [-0.39, 0.29) is 6.04 Å². The molecule has 1 atom stereocenters. The van der Waals surface area contributed by atoms with Gasteiger partial charge in [-0.25, -0.2) is 4.98 Å². The summed E-state index contributed by atoms with van der Waals surface area (Å²) in [6.45, 7) is 1.74. The van der Waals surface area contributed by atoms with Gasteiger partial charge >= 0.3 is 6.18 Å². The fourth-order valence-corrected chi connectivity index (χ4v) is 1.80. The zero-order valence-corrected chi connectivity index (χ0v) is 9.42. The maximum Gasteiger partial charge on any atom is 0.416 e. The van der Waals surface area contributed by atoms with Gasteiger partial charge in [-0.2, -0.15) is 13.2 Å². The molecule has 0 aliphatic rings. The topological polar surface area (TPSA) is 43.8 Å². The monoisotopic (exact) mass is 243 g/mol. The molecule has 0 bridgehead atoms. The van der Waals surface area contributed by atoms with Crippen molar-refractivity contribution in [3.05, 3.63) is 29.6 Å². The lowest BCUT2D eigenvalue weighted by atomic mass is 10.2. The first-order valence-electron chi connectivity index (χ1n) is 5.10. The van der Waals surface area contributed by atoms with Crippen molar-refractivity contribution in [2.24, 2.45) is 12.8 Å². The van der Waals surface area contributed by atoms with Crippen molar-refractivity contribution in [2.45, 2.75) is 19.1 Å². The Morgan fingerprint density at radius 3 is 2.53 bits per heavy atom. The fourth-order valence-electron chi connectivity index (χ4n) is 1.80. The Balaban J connectivity index is 2.64. The van der Waals surface area contributed by atoms with Crippen LogP contribution in [0.3, 0.4) is 0 Å². The minimum atomic E-state index is -4.35. The van der Waals surface area contributed by atoms with Crippen LogP contribution in [0.5, 0.6) is 0 Å². The molecule has 1 aromatic heterocycles. The van der Waals surface area contributed by atoms with E-state index in [1.807, 2.05) is 0 Å². The summed E-state index contributed by atoms with van der Waals surface area (Å²) in [5.74, 6) is 0.569. The van der Waals surface area contributed by atoms with Gasteiger partial charge in [-0.15, -0.1) is 0 Å². The van der Waals surface area contributed by atoms with E-state index in [0.717, 1.165) is 12.1 Å². The molecule has 1 unspecified atom stereocenters. The average molecular weight is 243 g/mol. The second kappa shape index (κ2) is 3.73. The molecule has 2 N–H and O–H groups in total. The van der Waals surface area contributed by atoms with E-state index < -0.39 is 11.7 Å². The summed E-state index contributed by atoms with van der Waals surface area (Å²) in [5.41, 5.74) is 5.96. The van der Waals surface area contributed by atoms with Crippen molar-refractivity contribution < 1.29 is 13.2 Å². The van der Waals surface area contributed by atoms with E-state index in [2.05, 4.69) is 4.98 Å². The zero-order chi connectivity index (χ0) is 12.8. The molecule has 0 radical (unpaired) electrons. The van der Waals surface area contributed by atoms with Gasteiger partial charge in [0.25, 0.3) is 0 Å². The maximum absolute atomic E-state index is 12.5. The summed E-state index contributed by atoms with van der Waals surface area (Å²) < 4.78 is 39.3. The van der Waals surface area contributed by atoms with Crippen LogP contribution >= 0.6 is 0 Å². The number of nitrogens with two attached hydrogens (primary N) is 1. The molecule has 0 aliphatic carbocycles. The Labute approximate surface area is 96.0 Å². The third kappa shape index (κ3) is 2.00. The van der Waals surface area contributed by atoms with Gasteiger partial charge in [-0.1, -0.05) is 0 Å². The van der Waals surface area contributed by atoms with Crippen molar-refractivity contribution in [2.75, 3.05) is 0 Å². The van der Waals surface area contributed by atoms with Crippen LogP contribution in [0.4, 0.5) is 13.2 Å². The van der Waals surface area contributed by atoms with E-state index in [9.17, 15) is 13.2 Å². The third-order valence-corrected chi connectivity index (χ3v) is 2.65. The first-order valence-corrected chi connectivity index (χ1v) is 5.10. The first kappa shape index (κ1) is 11.9. The second-order valence-electron chi connectivity index (χ2n) is 4.02. The predicted octanol–water partition coefficient (Wildman–Crippen LogP) is 2.61. The van der Waals surface area contributed by atoms with Crippen LogP contribution < -0.4 is 5.73 Å². The normalized spacial score (nSPS) is 14.2. The SMILES string of the molecule is CC(N)c1nc2cc(C(F)(F)F)ccc2n1C. The van der Waals surface area contributed by atoms with Gasteiger partial charge in [0.2, 0.25) is 0 Å². The molecule has 6 heteroatoms. The molecule has 92 valence electrons. The van der Waals surface area contributed by atoms with Crippen molar-refractivity contribution in [1.29, 1.82) is 0 Å². The highest BCUT2D eigenvalue weighted by atomic mass is 19.4. The van der Waals surface area contributed by atoms with Gasteiger partial charge in [0.1, 0.15) is 5.82 Å². The molecule has 0 saturated carbocycles. The van der Waals surface area contributed by atoms with E-state index in [1.165, 1.54) is 6.07 Å². The number of halogens is 3. The van der Waals surface area contributed by atoms with E-state index in [1.54, 1.807) is 18.5 Å². The molecule has 2 aromatic rings. The van der Waals surface area contributed by atoms with Crippen LogP contribution in [-0.2, 0) is 13.2 Å². The summed E-state index contributed by atoms with van der Waals surface area (Å²) >= 11 is 0. The Morgan fingerprint density at radius 1 is 1.35 bits per heavy atom.